The highest BCUT2D eigenvalue weighted by Crippen LogP contribution is 2.45. The number of fused-ring (bicyclic) bond motifs is 4. The van der Waals surface area contributed by atoms with Crippen molar-refractivity contribution < 1.29 is 19.1 Å². The molecule has 3 aliphatic rings. The lowest BCUT2D eigenvalue weighted by molar-refractivity contribution is -0.153. The van der Waals surface area contributed by atoms with E-state index in [0.717, 1.165) is 32.1 Å². The summed E-state index contributed by atoms with van der Waals surface area (Å²) in [4.78, 5) is 28.2. The Morgan fingerprint density at radius 3 is 2.30 bits per heavy atom. The van der Waals surface area contributed by atoms with Gasteiger partial charge in [0.15, 0.2) is 0 Å². The predicted octanol–water partition coefficient (Wildman–Crippen LogP) is 5.91. The molecule has 2 aromatic carbocycles. The van der Waals surface area contributed by atoms with Crippen LogP contribution in [0.15, 0.2) is 48.5 Å². The molecule has 4 unspecified atom stereocenters. The number of amides is 1. The Balaban J connectivity index is 1.35. The molecule has 4 atom stereocenters. The second kappa shape index (κ2) is 9.20. The maximum atomic E-state index is 13.4. The van der Waals surface area contributed by atoms with Gasteiger partial charge in [-0.05, 0) is 60.8 Å². The minimum Gasteiger partial charge on any atom is -0.461 e. The van der Waals surface area contributed by atoms with Gasteiger partial charge in [-0.3, -0.25) is 4.90 Å². The van der Waals surface area contributed by atoms with Crippen LogP contribution in [0.1, 0.15) is 69.4 Å². The average molecular weight is 448 g/mol. The van der Waals surface area contributed by atoms with Gasteiger partial charge in [0.1, 0.15) is 12.6 Å². The van der Waals surface area contributed by atoms with Crippen LogP contribution in [-0.2, 0) is 14.3 Å². The minimum atomic E-state index is -0.539. The van der Waals surface area contributed by atoms with Crippen LogP contribution in [0.3, 0.4) is 0 Å². The van der Waals surface area contributed by atoms with Gasteiger partial charge in [-0.25, -0.2) is 9.59 Å². The highest BCUT2D eigenvalue weighted by Gasteiger charge is 2.49. The van der Waals surface area contributed by atoms with Crippen molar-refractivity contribution in [2.45, 2.75) is 76.5 Å². The molecule has 0 spiro atoms. The topological polar surface area (TPSA) is 55.8 Å². The van der Waals surface area contributed by atoms with Gasteiger partial charge in [0.2, 0.25) is 0 Å². The van der Waals surface area contributed by atoms with E-state index in [1.807, 2.05) is 38.1 Å². The Kier molecular flexibility index (Phi) is 6.13. The number of rotatable bonds is 5. The zero-order valence-corrected chi connectivity index (χ0v) is 19.5. The van der Waals surface area contributed by atoms with Gasteiger partial charge in [-0.2, -0.15) is 0 Å². The number of carbonyl (C=O) groups excluding carboxylic acids is 2. The van der Waals surface area contributed by atoms with Crippen molar-refractivity contribution in [1.29, 1.82) is 0 Å². The van der Waals surface area contributed by atoms with E-state index in [1.54, 1.807) is 4.90 Å². The van der Waals surface area contributed by atoms with Gasteiger partial charge in [0, 0.05) is 12.0 Å². The summed E-state index contributed by atoms with van der Waals surface area (Å²) in [5.74, 6) is 0.0811. The van der Waals surface area contributed by atoms with E-state index in [0.29, 0.717) is 12.3 Å². The molecule has 1 saturated heterocycles. The number of carbonyl (C=O) groups is 2. The van der Waals surface area contributed by atoms with Crippen LogP contribution < -0.4 is 0 Å². The summed E-state index contributed by atoms with van der Waals surface area (Å²) in [7, 11) is 0. The number of likely N-dealkylation sites (tertiary alicyclic amines) is 1. The fraction of sp³-hybridized carbons (Fsp3) is 0.500. The molecule has 5 nitrogen and oxygen atoms in total. The molecular weight excluding hydrogens is 414 g/mol. The van der Waals surface area contributed by atoms with E-state index in [4.69, 9.17) is 9.47 Å². The number of hydrogen-bond acceptors (Lipinski definition) is 4. The molecule has 1 heterocycles. The Labute approximate surface area is 196 Å². The SMILES string of the molecule is CCC(C)OC(=O)C1CC2CCCCC2N1C(=O)OCC1c2ccccc2-c2ccccc21. The summed E-state index contributed by atoms with van der Waals surface area (Å²) < 4.78 is 11.6. The van der Waals surface area contributed by atoms with E-state index < -0.39 is 6.04 Å². The van der Waals surface area contributed by atoms with Crippen LogP contribution in [0.2, 0.25) is 0 Å². The minimum absolute atomic E-state index is 0.0108. The smallest absolute Gasteiger partial charge is 0.410 e. The lowest BCUT2D eigenvalue weighted by Gasteiger charge is -2.33. The summed E-state index contributed by atoms with van der Waals surface area (Å²) in [5, 5.41) is 0. The van der Waals surface area contributed by atoms with Gasteiger partial charge in [0.05, 0.1) is 6.10 Å². The van der Waals surface area contributed by atoms with Crippen molar-refractivity contribution in [3.05, 3.63) is 59.7 Å². The van der Waals surface area contributed by atoms with E-state index in [-0.39, 0.29) is 36.7 Å². The quantitative estimate of drug-likeness (QED) is 0.535. The molecule has 33 heavy (non-hydrogen) atoms. The molecule has 0 aromatic heterocycles. The Hall–Kier alpha value is -2.82. The van der Waals surface area contributed by atoms with Crippen LogP contribution in [-0.4, -0.2) is 41.8 Å². The second-order valence-electron chi connectivity index (χ2n) is 9.73. The van der Waals surface area contributed by atoms with Gasteiger partial charge < -0.3 is 9.47 Å². The molecule has 5 rings (SSSR count). The molecule has 0 radical (unpaired) electrons. The molecule has 2 aromatic rings. The first kappa shape index (κ1) is 22.0. The van der Waals surface area contributed by atoms with Gasteiger partial charge in [0.25, 0.3) is 0 Å². The molecule has 5 heteroatoms. The highest BCUT2D eigenvalue weighted by atomic mass is 16.6. The van der Waals surface area contributed by atoms with Gasteiger partial charge in [-0.1, -0.05) is 68.3 Å². The Morgan fingerprint density at radius 2 is 1.64 bits per heavy atom. The molecule has 1 aliphatic heterocycles. The van der Waals surface area contributed by atoms with Crippen LogP contribution in [0, 0.1) is 5.92 Å². The average Bonchev–Trinajstić information content (AvgIpc) is 3.39. The monoisotopic (exact) mass is 447 g/mol. The van der Waals surface area contributed by atoms with Gasteiger partial charge in [-0.15, -0.1) is 0 Å². The second-order valence-corrected chi connectivity index (χ2v) is 9.73. The summed E-state index contributed by atoms with van der Waals surface area (Å²) in [6, 6.07) is 16.2. The maximum Gasteiger partial charge on any atom is 0.410 e. The first-order valence-corrected chi connectivity index (χ1v) is 12.4. The van der Waals surface area contributed by atoms with Crippen LogP contribution in [0.25, 0.3) is 11.1 Å². The van der Waals surface area contributed by atoms with Crippen molar-refractivity contribution in [1.82, 2.24) is 4.90 Å². The third-order valence-corrected chi connectivity index (χ3v) is 7.80. The fourth-order valence-electron chi connectivity index (χ4n) is 5.96. The standard InChI is InChI=1S/C28H33NO4/c1-3-18(2)33-27(30)26-16-19-10-4-9-15-25(19)29(26)28(31)32-17-24-22-13-7-5-11-20(22)21-12-6-8-14-23(21)24/h5-8,11-14,18-19,24-26H,3-4,9-10,15-17H2,1-2H3. The molecule has 2 fully saturated rings. The molecule has 2 aliphatic carbocycles. The van der Waals surface area contributed by atoms with Crippen molar-refractivity contribution in [3.63, 3.8) is 0 Å². The molecule has 174 valence electrons. The fourth-order valence-corrected chi connectivity index (χ4v) is 5.96. The number of hydrogen-bond donors (Lipinski definition) is 0. The Bertz CT molecular complexity index is 989. The molecule has 1 saturated carbocycles. The predicted molar refractivity (Wildman–Crippen MR) is 127 cm³/mol. The lowest BCUT2D eigenvalue weighted by Crippen LogP contribution is -2.47. The molecule has 0 bridgehead atoms. The largest absolute Gasteiger partial charge is 0.461 e. The zero-order valence-electron chi connectivity index (χ0n) is 19.5. The molecular formula is C28H33NO4. The van der Waals surface area contributed by atoms with E-state index >= 15 is 0 Å². The van der Waals surface area contributed by atoms with Crippen LogP contribution >= 0.6 is 0 Å². The normalized spacial score (nSPS) is 24.5. The van der Waals surface area contributed by atoms with E-state index in [1.165, 1.54) is 22.3 Å². The van der Waals surface area contributed by atoms with Gasteiger partial charge >= 0.3 is 12.1 Å². The highest BCUT2D eigenvalue weighted by molar-refractivity contribution is 5.83. The molecule has 1 amide bonds. The third kappa shape index (κ3) is 4.03. The third-order valence-electron chi connectivity index (χ3n) is 7.80. The van der Waals surface area contributed by atoms with E-state index in [9.17, 15) is 9.59 Å². The first-order chi connectivity index (χ1) is 16.1. The number of esters is 1. The van der Waals surface area contributed by atoms with Crippen molar-refractivity contribution in [2.75, 3.05) is 6.61 Å². The summed E-state index contributed by atoms with van der Waals surface area (Å²) in [5.41, 5.74) is 4.79. The number of nitrogens with zero attached hydrogens (tertiary/aromatic N) is 1. The summed E-state index contributed by atoms with van der Waals surface area (Å²) in [6.07, 6.45) is 5.16. The van der Waals surface area contributed by atoms with Crippen molar-refractivity contribution >= 4 is 12.1 Å². The van der Waals surface area contributed by atoms with E-state index in [2.05, 4.69) is 24.3 Å². The lowest BCUT2D eigenvalue weighted by atomic mass is 9.85. The summed E-state index contributed by atoms with van der Waals surface area (Å²) >= 11 is 0. The van der Waals surface area contributed by atoms with Crippen LogP contribution in [0.4, 0.5) is 4.79 Å². The van der Waals surface area contributed by atoms with Crippen LogP contribution in [0.5, 0.6) is 0 Å². The van der Waals surface area contributed by atoms with Crippen molar-refractivity contribution in [2.24, 2.45) is 5.92 Å². The molecule has 0 N–H and O–H groups in total. The Morgan fingerprint density at radius 1 is 1.00 bits per heavy atom. The number of benzene rings is 2. The zero-order chi connectivity index (χ0) is 22.9. The first-order valence-electron chi connectivity index (χ1n) is 12.4. The summed E-state index contributed by atoms with van der Waals surface area (Å²) in [6.45, 7) is 4.17. The number of ether oxygens (including phenoxy) is 2. The maximum absolute atomic E-state index is 13.4. The van der Waals surface area contributed by atoms with Crippen molar-refractivity contribution in [3.8, 4) is 11.1 Å².